The molecule has 0 aliphatic heterocycles. The lowest BCUT2D eigenvalue weighted by atomic mass is 10.2. The SMILES string of the molecule is Cc1ccc(OC(=O)C(F)(F)F)cc1. The molecule has 0 aliphatic rings. The molecule has 5 heteroatoms. The highest BCUT2D eigenvalue weighted by molar-refractivity contribution is 5.78. The summed E-state index contributed by atoms with van der Waals surface area (Å²) in [6.45, 7) is 1.77. The van der Waals surface area contributed by atoms with Crippen LogP contribution in [0, 0.1) is 6.92 Å². The van der Waals surface area contributed by atoms with Gasteiger partial charge in [0.2, 0.25) is 0 Å². The minimum absolute atomic E-state index is 0.113. The summed E-state index contributed by atoms with van der Waals surface area (Å²) >= 11 is 0. The molecule has 0 aliphatic carbocycles. The van der Waals surface area contributed by atoms with Crippen LogP contribution in [0.25, 0.3) is 0 Å². The minimum atomic E-state index is -4.95. The fourth-order valence-electron chi connectivity index (χ4n) is 0.771. The second-order valence-corrected chi connectivity index (χ2v) is 2.70. The number of halogens is 3. The lowest BCUT2D eigenvalue weighted by Gasteiger charge is -2.06. The molecule has 0 N–H and O–H groups in total. The maximum absolute atomic E-state index is 11.7. The molecule has 0 heterocycles. The monoisotopic (exact) mass is 204 g/mol. The number of hydrogen-bond donors (Lipinski definition) is 0. The zero-order chi connectivity index (χ0) is 10.8. The predicted molar refractivity (Wildman–Crippen MR) is 42.9 cm³/mol. The van der Waals surface area contributed by atoms with Gasteiger partial charge in [-0.1, -0.05) is 17.7 Å². The third kappa shape index (κ3) is 2.76. The van der Waals surface area contributed by atoms with Gasteiger partial charge < -0.3 is 4.74 Å². The van der Waals surface area contributed by atoms with Gasteiger partial charge in [-0.2, -0.15) is 13.2 Å². The van der Waals surface area contributed by atoms with Gasteiger partial charge in [-0.15, -0.1) is 0 Å². The number of alkyl halides is 3. The van der Waals surface area contributed by atoms with Crippen LogP contribution < -0.4 is 4.74 Å². The average molecular weight is 204 g/mol. The zero-order valence-electron chi connectivity index (χ0n) is 7.26. The second-order valence-electron chi connectivity index (χ2n) is 2.70. The molecule has 0 fully saturated rings. The number of aryl methyl sites for hydroxylation is 1. The van der Waals surface area contributed by atoms with E-state index in [0.29, 0.717) is 0 Å². The van der Waals surface area contributed by atoms with Crippen molar-refractivity contribution in [1.82, 2.24) is 0 Å². The molecule has 0 atom stereocenters. The summed E-state index contributed by atoms with van der Waals surface area (Å²) in [5, 5.41) is 0. The molecule has 1 aromatic carbocycles. The van der Waals surface area contributed by atoms with Crippen molar-refractivity contribution >= 4 is 5.97 Å². The zero-order valence-corrected chi connectivity index (χ0v) is 7.26. The molecule has 14 heavy (non-hydrogen) atoms. The number of carbonyl (C=O) groups is 1. The summed E-state index contributed by atoms with van der Waals surface area (Å²) in [5.74, 6) is -2.32. The quantitative estimate of drug-likeness (QED) is 0.518. The van der Waals surface area contributed by atoms with E-state index in [-0.39, 0.29) is 5.75 Å². The average Bonchev–Trinajstić information content (AvgIpc) is 2.07. The highest BCUT2D eigenvalue weighted by Crippen LogP contribution is 2.19. The number of rotatable bonds is 1. The van der Waals surface area contributed by atoms with Crippen LogP contribution in [0.4, 0.5) is 13.2 Å². The summed E-state index contributed by atoms with van der Waals surface area (Å²) < 4.78 is 39.3. The third-order valence-corrected chi connectivity index (χ3v) is 1.46. The van der Waals surface area contributed by atoms with Crippen molar-refractivity contribution < 1.29 is 22.7 Å². The molecule has 0 radical (unpaired) electrons. The first-order chi connectivity index (χ1) is 6.39. The molecular formula is C9H7F3O2. The maximum atomic E-state index is 11.7. The van der Waals surface area contributed by atoms with Crippen LogP contribution in [0.1, 0.15) is 5.56 Å². The van der Waals surface area contributed by atoms with E-state index in [1.165, 1.54) is 12.1 Å². The first-order valence-electron chi connectivity index (χ1n) is 3.75. The summed E-state index contributed by atoms with van der Waals surface area (Å²) in [6, 6.07) is 5.72. The maximum Gasteiger partial charge on any atom is 0.491 e. The Bertz CT molecular complexity index is 327. The number of ether oxygens (including phenoxy) is 1. The smallest absolute Gasteiger partial charge is 0.420 e. The Morgan fingerprint density at radius 3 is 2.14 bits per heavy atom. The Labute approximate surface area is 78.3 Å². The van der Waals surface area contributed by atoms with Gasteiger partial charge in [-0.25, -0.2) is 4.79 Å². The van der Waals surface area contributed by atoms with E-state index >= 15 is 0 Å². The molecule has 0 unspecified atom stereocenters. The lowest BCUT2D eigenvalue weighted by Crippen LogP contribution is -2.27. The van der Waals surface area contributed by atoms with Crippen molar-refractivity contribution in [2.75, 3.05) is 0 Å². The van der Waals surface area contributed by atoms with E-state index in [2.05, 4.69) is 4.74 Å². The van der Waals surface area contributed by atoms with E-state index < -0.39 is 12.1 Å². The summed E-state index contributed by atoms with van der Waals surface area (Å²) in [7, 11) is 0. The van der Waals surface area contributed by atoms with Crippen LogP contribution in [0.15, 0.2) is 24.3 Å². The van der Waals surface area contributed by atoms with E-state index in [0.717, 1.165) is 5.56 Å². The van der Waals surface area contributed by atoms with Crippen LogP contribution in [0.3, 0.4) is 0 Å². The van der Waals surface area contributed by atoms with Gasteiger partial charge in [0.1, 0.15) is 5.75 Å². The Kier molecular flexibility index (Phi) is 2.78. The number of carbonyl (C=O) groups excluding carboxylic acids is 1. The van der Waals surface area contributed by atoms with Gasteiger partial charge >= 0.3 is 12.1 Å². The van der Waals surface area contributed by atoms with Gasteiger partial charge in [0.15, 0.2) is 0 Å². The van der Waals surface area contributed by atoms with Crippen molar-refractivity contribution in [1.29, 1.82) is 0 Å². The van der Waals surface area contributed by atoms with Crippen LogP contribution in [-0.4, -0.2) is 12.1 Å². The molecule has 1 aromatic rings. The third-order valence-electron chi connectivity index (χ3n) is 1.46. The van der Waals surface area contributed by atoms with Gasteiger partial charge in [-0.05, 0) is 19.1 Å². The Morgan fingerprint density at radius 1 is 1.21 bits per heavy atom. The molecule has 1 rings (SSSR count). The molecule has 0 amide bonds. The topological polar surface area (TPSA) is 26.3 Å². The molecule has 0 saturated carbocycles. The largest absolute Gasteiger partial charge is 0.491 e. The molecule has 76 valence electrons. The highest BCUT2D eigenvalue weighted by Gasteiger charge is 2.41. The van der Waals surface area contributed by atoms with Crippen LogP contribution in [0.5, 0.6) is 5.75 Å². The lowest BCUT2D eigenvalue weighted by molar-refractivity contribution is -0.189. The van der Waals surface area contributed by atoms with E-state index in [1.807, 2.05) is 0 Å². The molecular weight excluding hydrogens is 197 g/mol. The van der Waals surface area contributed by atoms with E-state index in [9.17, 15) is 18.0 Å². The first kappa shape index (κ1) is 10.6. The van der Waals surface area contributed by atoms with Crippen molar-refractivity contribution in [2.24, 2.45) is 0 Å². The van der Waals surface area contributed by atoms with Gasteiger partial charge in [-0.3, -0.25) is 0 Å². The Balaban J connectivity index is 2.71. The predicted octanol–water partition coefficient (Wildman–Crippen LogP) is 2.46. The molecule has 0 bridgehead atoms. The number of hydrogen-bond acceptors (Lipinski definition) is 2. The number of esters is 1. The van der Waals surface area contributed by atoms with Crippen molar-refractivity contribution in [3.05, 3.63) is 29.8 Å². The number of benzene rings is 1. The van der Waals surface area contributed by atoms with Crippen molar-refractivity contribution in [2.45, 2.75) is 13.1 Å². The van der Waals surface area contributed by atoms with Gasteiger partial charge in [0.25, 0.3) is 0 Å². The summed E-state index contributed by atoms with van der Waals surface area (Å²) in [6.07, 6.45) is -4.95. The fraction of sp³-hybridized carbons (Fsp3) is 0.222. The molecule has 0 saturated heterocycles. The Morgan fingerprint density at radius 2 is 1.71 bits per heavy atom. The fourth-order valence-corrected chi connectivity index (χ4v) is 0.771. The van der Waals surface area contributed by atoms with E-state index in [4.69, 9.17) is 0 Å². The van der Waals surface area contributed by atoms with Crippen molar-refractivity contribution in [3.63, 3.8) is 0 Å². The van der Waals surface area contributed by atoms with Crippen LogP contribution >= 0.6 is 0 Å². The van der Waals surface area contributed by atoms with Crippen LogP contribution in [0.2, 0.25) is 0 Å². The Hall–Kier alpha value is -1.52. The second kappa shape index (κ2) is 3.69. The minimum Gasteiger partial charge on any atom is -0.420 e. The van der Waals surface area contributed by atoms with Gasteiger partial charge in [0.05, 0.1) is 0 Å². The van der Waals surface area contributed by atoms with E-state index in [1.54, 1.807) is 19.1 Å². The summed E-state index contributed by atoms with van der Waals surface area (Å²) in [4.78, 5) is 10.4. The molecule has 0 aromatic heterocycles. The molecule has 2 nitrogen and oxygen atoms in total. The first-order valence-corrected chi connectivity index (χ1v) is 3.75. The highest BCUT2D eigenvalue weighted by atomic mass is 19.4. The van der Waals surface area contributed by atoms with Gasteiger partial charge in [0, 0.05) is 0 Å². The normalized spacial score (nSPS) is 11.1. The van der Waals surface area contributed by atoms with Crippen molar-refractivity contribution in [3.8, 4) is 5.75 Å². The summed E-state index contributed by atoms with van der Waals surface area (Å²) in [5.41, 5.74) is 0.872. The molecule has 0 spiro atoms. The standard InChI is InChI=1S/C9H7F3O2/c1-6-2-4-7(5-3-6)14-8(13)9(10,11)12/h2-5H,1H3. The van der Waals surface area contributed by atoms with Crippen LogP contribution in [-0.2, 0) is 4.79 Å².